The molecule has 0 aliphatic heterocycles. The molecule has 4 N–H and O–H groups in total. The van der Waals surface area contributed by atoms with Crippen LogP contribution >= 0.6 is 18.8 Å². The molecule has 2 nitrogen and oxygen atoms in total. The van der Waals surface area contributed by atoms with Gasteiger partial charge in [-0.25, -0.2) is 0 Å². The van der Waals surface area contributed by atoms with Crippen LogP contribution < -0.4 is 11.5 Å². The first kappa shape index (κ1) is 13.8. The Morgan fingerprint density at radius 2 is 1.40 bits per heavy atom. The van der Waals surface area contributed by atoms with Crippen molar-refractivity contribution in [1.82, 2.24) is 0 Å². The molecular weight excluding hydrogens is 354 g/mol. The minimum atomic E-state index is -0.472. The van der Waals surface area contributed by atoms with Crippen LogP contribution in [0.3, 0.4) is 0 Å². The van der Waals surface area contributed by atoms with Crippen LogP contribution in [-0.2, 0) is 16.5 Å². The summed E-state index contributed by atoms with van der Waals surface area (Å²) in [4.78, 5) is 0. The number of nitrogens with two attached hydrogens (primary N) is 2. The standard InChI is InChI=1S/C5H14N2.2ClH.Pt/c1-5(2,3-6)4-7;;;/h3-4,6-7H2,1-2H3;2*1H;/q;;;+2/p-2. The predicted molar refractivity (Wildman–Crippen MR) is 43.6 cm³/mol. The molecule has 0 atom stereocenters. The summed E-state index contributed by atoms with van der Waals surface area (Å²) in [6.45, 7) is 5.44. The van der Waals surface area contributed by atoms with Crippen molar-refractivity contribution in [3.05, 3.63) is 0 Å². The fourth-order valence-electron chi connectivity index (χ4n) is 0.0833. The molecule has 0 aliphatic carbocycles. The maximum absolute atomic E-state index is 5.34. The fourth-order valence-corrected chi connectivity index (χ4v) is 0.0833. The molecule has 0 spiro atoms. The summed E-state index contributed by atoms with van der Waals surface area (Å²) in [5.41, 5.74) is 10.8. The maximum atomic E-state index is 5.34. The van der Waals surface area contributed by atoms with E-state index in [1.807, 2.05) is 13.8 Å². The zero-order valence-corrected chi connectivity index (χ0v) is 9.93. The van der Waals surface area contributed by atoms with Gasteiger partial charge in [-0.05, 0) is 18.5 Å². The van der Waals surface area contributed by atoms with E-state index in [-0.39, 0.29) is 5.41 Å². The van der Waals surface area contributed by atoms with Gasteiger partial charge in [-0.1, -0.05) is 13.8 Å². The second-order valence-electron chi connectivity index (χ2n) is 2.62. The summed E-state index contributed by atoms with van der Waals surface area (Å²) in [7, 11) is 9.75. The van der Waals surface area contributed by atoms with E-state index in [2.05, 4.69) is 0 Å². The molecule has 10 heavy (non-hydrogen) atoms. The third-order valence-electron chi connectivity index (χ3n) is 1.11. The molecule has 0 bridgehead atoms. The Labute approximate surface area is 79.0 Å². The van der Waals surface area contributed by atoms with Crippen LogP contribution in [0.25, 0.3) is 0 Å². The van der Waals surface area contributed by atoms with E-state index in [4.69, 9.17) is 30.3 Å². The third-order valence-corrected chi connectivity index (χ3v) is 1.11. The molecule has 0 saturated carbocycles. The van der Waals surface area contributed by atoms with Gasteiger partial charge in [0, 0.05) is 0 Å². The van der Waals surface area contributed by atoms with E-state index in [0.717, 1.165) is 0 Å². The van der Waals surface area contributed by atoms with Crippen LogP contribution in [0.15, 0.2) is 0 Å². The number of hydrogen-bond acceptors (Lipinski definition) is 2. The molecule has 0 aliphatic rings. The monoisotopic (exact) mass is 367 g/mol. The summed E-state index contributed by atoms with van der Waals surface area (Å²) >= 11 is -0.472. The molecule has 0 aromatic carbocycles. The van der Waals surface area contributed by atoms with E-state index < -0.39 is 16.5 Å². The Morgan fingerprint density at radius 1 is 1.20 bits per heavy atom. The van der Waals surface area contributed by atoms with Gasteiger partial charge in [-0.15, -0.1) is 0 Å². The zero-order valence-electron chi connectivity index (χ0n) is 6.14. The molecule has 0 saturated heterocycles. The van der Waals surface area contributed by atoms with Crippen LogP contribution in [0.5, 0.6) is 0 Å². The van der Waals surface area contributed by atoms with Crippen molar-refractivity contribution in [3.8, 4) is 0 Å². The van der Waals surface area contributed by atoms with Gasteiger partial charge in [-0.2, -0.15) is 0 Å². The van der Waals surface area contributed by atoms with Crippen molar-refractivity contribution in [3.63, 3.8) is 0 Å². The van der Waals surface area contributed by atoms with Crippen LogP contribution in [0.1, 0.15) is 13.8 Å². The molecular formula is C5H14Cl2N2Pt. The van der Waals surface area contributed by atoms with Crippen LogP contribution in [0.2, 0.25) is 0 Å². The van der Waals surface area contributed by atoms with Crippen molar-refractivity contribution < 1.29 is 16.5 Å². The molecule has 0 heterocycles. The fraction of sp³-hybridized carbons (Fsp3) is 1.00. The van der Waals surface area contributed by atoms with E-state index in [1.165, 1.54) is 0 Å². The molecule has 0 radical (unpaired) electrons. The van der Waals surface area contributed by atoms with Gasteiger partial charge >= 0.3 is 35.3 Å². The van der Waals surface area contributed by atoms with Gasteiger partial charge in [0.1, 0.15) is 0 Å². The van der Waals surface area contributed by atoms with Crippen molar-refractivity contribution in [2.24, 2.45) is 16.9 Å². The van der Waals surface area contributed by atoms with Gasteiger partial charge in [0.15, 0.2) is 0 Å². The van der Waals surface area contributed by atoms with Crippen molar-refractivity contribution >= 4 is 18.8 Å². The number of rotatable bonds is 2. The second-order valence-corrected chi connectivity index (χ2v) is 5.90. The Morgan fingerprint density at radius 3 is 1.40 bits per heavy atom. The Hall–Kier alpha value is 1.19. The topological polar surface area (TPSA) is 52.0 Å². The summed E-state index contributed by atoms with van der Waals surface area (Å²) in [6.07, 6.45) is 0. The van der Waals surface area contributed by atoms with Crippen molar-refractivity contribution in [2.75, 3.05) is 13.1 Å². The van der Waals surface area contributed by atoms with Crippen LogP contribution in [0, 0.1) is 5.41 Å². The Kier molecular flexibility index (Phi) is 11.4. The van der Waals surface area contributed by atoms with Gasteiger partial charge in [-0.3, -0.25) is 0 Å². The predicted octanol–water partition coefficient (Wildman–Crippen LogP) is 1.31. The SMILES string of the molecule is CC(C)(CN)CN.[Cl][Pt][Cl]. The molecule has 0 fully saturated rings. The van der Waals surface area contributed by atoms with Crippen LogP contribution in [0.4, 0.5) is 0 Å². The molecule has 0 unspecified atom stereocenters. The summed E-state index contributed by atoms with van der Waals surface area (Å²) < 4.78 is 0. The van der Waals surface area contributed by atoms with Gasteiger partial charge < -0.3 is 11.5 Å². The Bertz CT molecular complexity index is 64.7. The first-order valence-corrected chi connectivity index (χ1v) is 8.39. The van der Waals surface area contributed by atoms with Crippen molar-refractivity contribution in [1.29, 1.82) is 0 Å². The summed E-state index contributed by atoms with van der Waals surface area (Å²) in [6, 6.07) is 0. The molecule has 0 aromatic rings. The zero-order chi connectivity index (χ0) is 8.62. The summed E-state index contributed by atoms with van der Waals surface area (Å²) in [5.74, 6) is 0. The quantitative estimate of drug-likeness (QED) is 0.773. The second kappa shape index (κ2) is 8.29. The van der Waals surface area contributed by atoms with Gasteiger partial charge in [0.25, 0.3) is 0 Å². The molecule has 0 rings (SSSR count). The third kappa shape index (κ3) is 11.9. The summed E-state index contributed by atoms with van der Waals surface area (Å²) in [5, 5.41) is 0. The van der Waals surface area contributed by atoms with Crippen LogP contribution in [-0.4, -0.2) is 13.1 Å². The first-order chi connectivity index (χ1) is 4.54. The van der Waals surface area contributed by atoms with E-state index >= 15 is 0 Å². The average molecular weight is 368 g/mol. The number of hydrogen-bond donors (Lipinski definition) is 2. The molecule has 0 aromatic heterocycles. The van der Waals surface area contributed by atoms with E-state index in [9.17, 15) is 0 Å². The van der Waals surface area contributed by atoms with E-state index in [0.29, 0.717) is 13.1 Å². The average Bonchev–Trinajstić information content (AvgIpc) is 1.90. The minimum absolute atomic E-state index is 0.139. The number of halogens is 2. The van der Waals surface area contributed by atoms with Crippen molar-refractivity contribution in [2.45, 2.75) is 13.8 Å². The first-order valence-electron chi connectivity index (χ1n) is 2.76. The molecule has 68 valence electrons. The van der Waals surface area contributed by atoms with E-state index in [1.54, 1.807) is 0 Å². The molecule has 0 amide bonds. The normalized spacial score (nSPS) is 10.6. The van der Waals surface area contributed by atoms with Gasteiger partial charge in [0.2, 0.25) is 0 Å². The Balaban J connectivity index is 0. The van der Waals surface area contributed by atoms with Gasteiger partial charge in [0.05, 0.1) is 0 Å². The molecule has 5 heteroatoms.